The van der Waals surface area contributed by atoms with Crippen molar-refractivity contribution >= 4 is 37.8 Å². The highest BCUT2D eigenvalue weighted by Crippen LogP contribution is 2.35. The molecule has 0 fully saturated rings. The first kappa shape index (κ1) is 15.5. The van der Waals surface area contributed by atoms with Crippen LogP contribution in [-0.2, 0) is 11.3 Å². The predicted octanol–water partition coefficient (Wildman–Crippen LogP) is 2.44. The van der Waals surface area contributed by atoms with Crippen molar-refractivity contribution < 1.29 is 9.53 Å². The van der Waals surface area contributed by atoms with Crippen molar-refractivity contribution in [3.63, 3.8) is 0 Å². The molecule has 1 atom stereocenters. The van der Waals surface area contributed by atoms with Crippen molar-refractivity contribution in [2.45, 2.75) is 19.6 Å². The zero-order valence-corrected chi connectivity index (χ0v) is 13.7. The number of benzene rings is 1. The first-order valence-electron chi connectivity index (χ1n) is 5.50. The van der Waals surface area contributed by atoms with Crippen LogP contribution < -0.4 is 15.4 Å². The fourth-order valence-electron chi connectivity index (χ4n) is 1.46. The summed E-state index contributed by atoms with van der Waals surface area (Å²) in [5, 5.41) is 5.63. The van der Waals surface area contributed by atoms with Crippen LogP contribution in [0.25, 0.3) is 0 Å². The molecule has 1 aromatic carbocycles. The maximum atomic E-state index is 11.4. The predicted molar refractivity (Wildman–Crippen MR) is 78.8 cm³/mol. The number of nitrogens with one attached hydrogen (secondary N) is 2. The van der Waals surface area contributed by atoms with Gasteiger partial charge in [-0.2, -0.15) is 0 Å². The van der Waals surface area contributed by atoms with Crippen LogP contribution in [0.15, 0.2) is 21.1 Å². The maximum Gasteiger partial charge on any atom is 0.260 e. The number of ether oxygens (including phenoxy) is 1. The van der Waals surface area contributed by atoms with Gasteiger partial charge < -0.3 is 15.4 Å². The summed E-state index contributed by atoms with van der Waals surface area (Å²) >= 11 is 6.91. The highest BCUT2D eigenvalue weighted by atomic mass is 79.9. The van der Waals surface area contributed by atoms with E-state index in [-0.39, 0.29) is 5.91 Å². The Kier molecular flexibility index (Phi) is 6.11. The van der Waals surface area contributed by atoms with E-state index in [1.165, 1.54) is 0 Å². The number of likely N-dealkylation sites (N-methyl/N-ethyl adjacent to an activating group) is 1. The van der Waals surface area contributed by atoms with Gasteiger partial charge in [-0.15, -0.1) is 0 Å². The van der Waals surface area contributed by atoms with Gasteiger partial charge >= 0.3 is 0 Å². The molecule has 0 radical (unpaired) electrons. The number of carbonyl (C=O) groups is 1. The second-order valence-corrected chi connectivity index (χ2v) is 5.50. The zero-order chi connectivity index (χ0) is 13.7. The lowest BCUT2D eigenvalue weighted by molar-refractivity contribution is -0.126. The van der Waals surface area contributed by atoms with Gasteiger partial charge in [0.1, 0.15) is 5.75 Å². The van der Waals surface area contributed by atoms with Crippen LogP contribution in [0.3, 0.4) is 0 Å². The average molecular weight is 380 g/mol. The van der Waals surface area contributed by atoms with Crippen molar-refractivity contribution in [3.8, 4) is 5.75 Å². The van der Waals surface area contributed by atoms with Gasteiger partial charge in [-0.05, 0) is 63.5 Å². The van der Waals surface area contributed by atoms with E-state index in [0.29, 0.717) is 5.75 Å². The third-order valence-corrected chi connectivity index (χ3v) is 3.53. The minimum atomic E-state index is -0.544. The summed E-state index contributed by atoms with van der Waals surface area (Å²) < 4.78 is 7.27. The largest absolute Gasteiger partial charge is 0.479 e. The van der Waals surface area contributed by atoms with Gasteiger partial charge in [0.2, 0.25) is 0 Å². The standard InChI is InChI=1S/C12H16Br2N2O2/c1-7(12(17)16-3)18-11-9(13)4-8(6-15-2)5-10(11)14/h4-5,7,15H,6H2,1-3H3,(H,16,17). The second-order valence-electron chi connectivity index (χ2n) is 3.79. The van der Waals surface area contributed by atoms with Gasteiger partial charge in [-0.3, -0.25) is 4.79 Å². The molecule has 18 heavy (non-hydrogen) atoms. The number of hydrogen-bond donors (Lipinski definition) is 2. The molecule has 2 N–H and O–H groups in total. The highest BCUT2D eigenvalue weighted by molar-refractivity contribution is 9.11. The molecule has 0 saturated heterocycles. The molecule has 1 amide bonds. The lowest BCUT2D eigenvalue weighted by atomic mass is 10.2. The summed E-state index contributed by atoms with van der Waals surface area (Å²) in [6, 6.07) is 3.93. The van der Waals surface area contributed by atoms with Crippen LogP contribution >= 0.6 is 31.9 Å². The van der Waals surface area contributed by atoms with Crippen LogP contribution in [0.2, 0.25) is 0 Å². The molecule has 0 spiro atoms. The van der Waals surface area contributed by atoms with Crippen LogP contribution in [-0.4, -0.2) is 26.1 Å². The van der Waals surface area contributed by atoms with Gasteiger partial charge in [0, 0.05) is 13.6 Å². The summed E-state index contributed by atoms with van der Waals surface area (Å²) in [4.78, 5) is 11.4. The van der Waals surface area contributed by atoms with Crippen LogP contribution in [0, 0.1) is 0 Å². The number of amides is 1. The zero-order valence-electron chi connectivity index (χ0n) is 10.5. The summed E-state index contributed by atoms with van der Waals surface area (Å²) in [6.45, 7) is 2.47. The highest BCUT2D eigenvalue weighted by Gasteiger charge is 2.17. The molecular formula is C12H16Br2N2O2. The van der Waals surface area contributed by atoms with E-state index in [0.717, 1.165) is 21.1 Å². The Bertz CT molecular complexity index is 415. The first-order valence-corrected chi connectivity index (χ1v) is 7.09. The molecule has 0 aliphatic rings. The second kappa shape index (κ2) is 7.11. The summed E-state index contributed by atoms with van der Waals surface area (Å²) in [7, 11) is 3.47. The smallest absolute Gasteiger partial charge is 0.260 e. The quantitative estimate of drug-likeness (QED) is 0.826. The first-order chi connectivity index (χ1) is 8.49. The Balaban J connectivity index is 2.93. The van der Waals surface area contributed by atoms with Crippen LogP contribution in [0.1, 0.15) is 12.5 Å². The van der Waals surface area contributed by atoms with Gasteiger partial charge in [-0.25, -0.2) is 0 Å². The molecule has 1 rings (SSSR count). The number of carbonyl (C=O) groups excluding carboxylic acids is 1. The van der Waals surface area contributed by atoms with Gasteiger partial charge in [-0.1, -0.05) is 0 Å². The Morgan fingerprint density at radius 2 is 1.89 bits per heavy atom. The van der Waals surface area contributed by atoms with Crippen molar-refractivity contribution in [2.75, 3.05) is 14.1 Å². The van der Waals surface area contributed by atoms with Crippen molar-refractivity contribution in [1.82, 2.24) is 10.6 Å². The van der Waals surface area contributed by atoms with Crippen LogP contribution in [0.5, 0.6) is 5.75 Å². The minimum absolute atomic E-state index is 0.159. The molecule has 0 bridgehead atoms. The molecule has 1 aromatic rings. The Labute approximate surface area is 124 Å². The molecule has 100 valence electrons. The van der Waals surface area contributed by atoms with E-state index >= 15 is 0 Å². The molecule has 1 unspecified atom stereocenters. The lowest BCUT2D eigenvalue weighted by Crippen LogP contribution is -2.33. The molecule has 0 aromatic heterocycles. The maximum absolute atomic E-state index is 11.4. The molecule has 0 heterocycles. The fourth-order valence-corrected chi connectivity index (χ4v) is 2.93. The number of halogens is 2. The third kappa shape index (κ3) is 3.96. The number of rotatable bonds is 5. The summed E-state index contributed by atoms with van der Waals surface area (Å²) in [6.07, 6.45) is -0.544. The van der Waals surface area contributed by atoms with E-state index in [9.17, 15) is 4.79 Å². The molecule has 0 saturated carbocycles. The van der Waals surface area contributed by atoms with E-state index in [4.69, 9.17) is 4.74 Å². The van der Waals surface area contributed by atoms with E-state index in [1.807, 2.05) is 19.2 Å². The van der Waals surface area contributed by atoms with Crippen molar-refractivity contribution in [3.05, 3.63) is 26.6 Å². The SMILES string of the molecule is CNCc1cc(Br)c(OC(C)C(=O)NC)c(Br)c1. The van der Waals surface area contributed by atoms with Gasteiger partial charge in [0.15, 0.2) is 6.10 Å². The molecule has 0 aliphatic carbocycles. The van der Waals surface area contributed by atoms with E-state index in [1.54, 1.807) is 14.0 Å². The molecule has 4 nitrogen and oxygen atoms in total. The average Bonchev–Trinajstić information content (AvgIpc) is 2.33. The van der Waals surface area contributed by atoms with E-state index < -0.39 is 6.10 Å². The van der Waals surface area contributed by atoms with Crippen molar-refractivity contribution in [1.29, 1.82) is 0 Å². The third-order valence-electron chi connectivity index (χ3n) is 2.35. The van der Waals surface area contributed by atoms with E-state index in [2.05, 4.69) is 42.5 Å². The minimum Gasteiger partial charge on any atom is -0.479 e. The Hall–Kier alpha value is -0.590. The van der Waals surface area contributed by atoms with Gasteiger partial charge in [0.05, 0.1) is 8.95 Å². The normalized spacial score (nSPS) is 12.1. The fraction of sp³-hybridized carbons (Fsp3) is 0.417. The molecule has 0 aliphatic heterocycles. The summed E-state index contributed by atoms with van der Waals surface area (Å²) in [5.41, 5.74) is 1.12. The monoisotopic (exact) mass is 378 g/mol. The number of hydrogen-bond acceptors (Lipinski definition) is 3. The Morgan fingerprint density at radius 3 is 2.33 bits per heavy atom. The molecule has 6 heteroatoms. The Morgan fingerprint density at radius 1 is 1.33 bits per heavy atom. The lowest BCUT2D eigenvalue weighted by Gasteiger charge is -2.16. The molecular weight excluding hydrogens is 364 g/mol. The summed E-state index contributed by atoms with van der Waals surface area (Å²) in [5.74, 6) is 0.471. The van der Waals surface area contributed by atoms with Crippen molar-refractivity contribution in [2.24, 2.45) is 0 Å². The van der Waals surface area contributed by atoms with Gasteiger partial charge in [0.25, 0.3) is 5.91 Å². The topological polar surface area (TPSA) is 50.4 Å². The van der Waals surface area contributed by atoms with Crippen LogP contribution in [0.4, 0.5) is 0 Å².